The van der Waals surface area contributed by atoms with Crippen LogP contribution < -0.4 is 10.6 Å². The summed E-state index contributed by atoms with van der Waals surface area (Å²) in [6.45, 7) is 7.45. The van der Waals surface area contributed by atoms with Gasteiger partial charge in [-0.2, -0.15) is 0 Å². The highest BCUT2D eigenvalue weighted by molar-refractivity contribution is 6.03. The van der Waals surface area contributed by atoms with E-state index in [0.717, 1.165) is 28.8 Å². The number of nitrogens with two attached hydrogens (primary N) is 1. The van der Waals surface area contributed by atoms with Crippen LogP contribution in [0.3, 0.4) is 0 Å². The van der Waals surface area contributed by atoms with Crippen molar-refractivity contribution < 1.29 is 9.53 Å². The van der Waals surface area contributed by atoms with E-state index in [9.17, 15) is 4.79 Å². The van der Waals surface area contributed by atoms with Gasteiger partial charge in [-0.3, -0.25) is 15.2 Å². The molecule has 28 heavy (non-hydrogen) atoms. The van der Waals surface area contributed by atoms with Gasteiger partial charge in [-0.15, -0.1) is 0 Å². The van der Waals surface area contributed by atoms with Gasteiger partial charge in [0.2, 0.25) is 0 Å². The maximum Gasteiger partial charge on any atom is 0.331 e. The molecule has 2 aromatic carbocycles. The average molecular weight is 383 g/mol. The van der Waals surface area contributed by atoms with Gasteiger partial charge in [0.25, 0.3) is 0 Å². The van der Waals surface area contributed by atoms with E-state index >= 15 is 0 Å². The van der Waals surface area contributed by atoms with Gasteiger partial charge in [0.15, 0.2) is 5.96 Å². The lowest BCUT2D eigenvalue weighted by atomic mass is 10.0. The summed E-state index contributed by atoms with van der Waals surface area (Å²) in [5.41, 5.74) is 9.80. The molecule has 0 heterocycles. The number of carbonyl (C=O) groups excluding carboxylic acids is 1. The fourth-order valence-electron chi connectivity index (χ4n) is 3.17. The van der Waals surface area contributed by atoms with E-state index in [1.807, 2.05) is 62.4 Å². The number of carbonyl (C=O) groups is 1. The van der Waals surface area contributed by atoms with Crippen molar-refractivity contribution in [3.05, 3.63) is 65.2 Å². The van der Waals surface area contributed by atoms with Gasteiger partial charge in [0, 0.05) is 6.54 Å². The number of urea groups is 1. The van der Waals surface area contributed by atoms with Crippen molar-refractivity contribution in [2.24, 2.45) is 5.73 Å². The van der Waals surface area contributed by atoms with E-state index in [2.05, 4.69) is 6.92 Å². The lowest BCUT2D eigenvalue weighted by molar-refractivity contribution is 0.111. The Hall–Kier alpha value is -2.86. The molecule has 0 aromatic heterocycles. The van der Waals surface area contributed by atoms with Crippen molar-refractivity contribution in [1.82, 2.24) is 4.90 Å². The smallest absolute Gasteiger partial charge is 0.331 e. The molecule has 0 aliphatic carbocycles. The Labute approximate surface area is 167 Å². The molecule has 0 spiro atoms. The van der Waals surface area contributed by atoms with Crippen LogP contribution in [0.15, 0.2) is 48.5 Å². The molecule has 2 amide bonds. The van der Waals surface area contributed by atoms with Crippen molar-refractivity contribution in [2.75, 3.05) is 24.6 Å². The topological polar surface area (TPSA) is 82.7 Å². The lowest BCUT2D eigenvalue weighted by Crippen LogP contribution is -2.50. The van der Waals surface area contributed by atoms with Gasteiger partial charge in [-0.1, -0.05) is 55.5 Å². The predicted octanol–water partition coefficient (Wildman–Crippen LogP) is 3.92. The Kier molecular flexibility index (Phi) is 8.02. The van der Waals surface area contributed by atoms with Gasteiger partial charge in [-0.25, -0.2) is 4.79 Å². The zero-order valence-corrected chi connectivity index (χ0v) is 16.9. The summed E-state index contributed by atoms with van der Waals surface area (Å²) in [7, 11) is 0. The van der Waals surface area contributed by atoms with Crippen LogP contribution in [0.1, 0.15) is 30.5 Å². The molecule has 2 rings (SSSR count). The van der Waals surface area contributed by atoms with Crippen LogP contribution in [0.25, 0.3) is 0 Å². The van der Waals surface area contributed by atoms with Crippen LogP contribution in [0.5, 0.6) is 0 Å². The molecular formula is C22H30N4O2. The first-order valence-electron chi connectivity index (χ1n) is 9.62. The highest BCUT2D eigenvalue weighted by atomic mass is 16.5. The molecule has 150 valence electrons. The van der Waals surface area contributed by atoms with Gasteiger partial charge >= 0.3 is 6.03 Å². The second-order valence-corrected chi connectivity index (χ2v) is 6.54. The number of para-hydroxylation sites is 1. The Balaban J connectivity index is 2.09. The van der Waals surface area contributed by atoms with Gasteiger partial charge < -0.3 is 10.5 Å². The average Bonchev–Trinajstić information content (AvgIpc) is 2.70. The summed E-state index contributed by atoms with van der Waals surface area (Å²) in [6, 6.07) is 15.5. The third-order valence-corrected chi connectivity index (χ3v) is 4.61. The summed E-state index contributed by atoms with van der Waals surface area (Å²) in [6.07, 6.45) is 0.820. The molecule has 0 aliphatic heterocycles. The Morgan fingerprint density at radius 1 is 1.11 bits per heavy atom. The Morgan fingerprint density at radius 3 is 2.43 bits per heavy atom. The molecule has 2 aromatic rings. The molecule has 0 saturated heterocycles. The molecule has 0 bridgehead atoms. The highest BCUT2D eigenvalue weighted by Crippen LogP contribution is 2.26. The van der Waals surface area contributed by atoms with Crippen LogP contribution in [0, 0.1) is 12.3 Å². The molecule has 6 heteroatoms. The lowest BCUT2D eigenvalue weighted by Gasteiger charge is -2.31. The molecule has 0 unspecified atom stereocenters. The zero-order valence-electron chi connectivity index (χ0n) is 16.9. The van der Waals surface area contributed by atoms with Crippen LogP contribution in [0.4, 0.5) is 10.5 Å². The first-order valence-corrected chi connectivity index (χ1v) is 9.62. The first kappa shape index (κ1) is 21.4. The largest absolute Gasteiger partial charge is 0.375 e. The predicted molar refractivity (Wildman–Crippen MR) is 114 cm³/mol. The van der Waals surface area contributed by atoms with Crippen LogP contribution in [-0.2, 0) is 17.8 Å². The summed E-state index contributed by atoms with van der Waals surface area (Å²) >= 11 is 0. The fourth-order valence-corrected chi connectivity index (χ4v) is 3.17. The molecular weight excluding hydrogens is 352 g/mol. The van der Waals surface area contributed by atoms with Gasteiger partial charge in [0.1, 0.15) is 0 Å². The van der Waals surface area contributed by atoms with E-state index in [1.165, 1.54) is 4.90 Å². The SMILES string of the molecule is CCc1cccc(C)c1N(CC)C(=O)N(CCOCc1ccccc1)C(=N)N. The van der Waals surface area contributed by atoms with E-state index in [1.54, 1.807) is 4.90 Å². The summed E-state index contributed by atoms with van der Waals surface area (Å²) in [5, 5.41) is 7.87. The normalized spacial score (nSPS) is 10.5. The number of ether oxygens (including phenoxy) is 1. The number of rotatable bonds is 8. The summed E-state index contributed by atoms with van der Waals surface area (Å²) in [5.74, 6) is -0.279. The third kappa shape index (κ3) is 5.33. The number of aryl methyl sites for hydroxylation is 2. The number of anilines is 1. The van der Waals surface area contributed by atoms with Gasteiger partial charge in [0.05, 0.1) is 25.4 Å². The molecule has 0 radical (unpaired) electrons. The standard InChI is InChI=1S/C22H30N4O2/c1-4-19-13-9-10-17(3)20(19)25(5-2)22(27)26(21(23)24)14-15-28-16-18-11-7-6-8-12-18/h6-13H,4-5,14-16H2,1-3H3,(H3,23,24). The van der Waals surface area contributed by atoms with E-state index < -0.39 is 0 Å². The minimum absolute atomic E-state index is 0.227. The minimum atomic E-state index is -0.303. The van der Waals surface area contributed by atoms with Crippen LogP contribution in [0.2, 0.25) is 0 Å². The number of amides is 2. The van der Waals surface area contributed by atoms with Crippen molar-refractivity contribution >= 4 is 17.7 Å². The highest BCUT2D eigenvalue weighted by Gasteiger charge is 2.25. The second-order valence-electron chi connectivity index (χ2n) is 6.54. The quantitative estimate of drug-likeness (QED) is 0.412. The van der Waals surface area contributed by atoms with E-state index in [-0.39, 0.29) is 18.5 Å². The van der Waals surface area contributed by atoms with Crippen molar-refractivity contribution in [2.45, 2.75) is 33.8 Å². The number of hydrogen-bond donors (Lipinski definition) is 2. The molecule has 3 N–H and O–H groups in total. The van der Waals surface area contributed by atoms with Crippen molar-refractivity contribution in [3.63, 3.8) is 0 Å². The van der Waals surface area contributed by atoms with E-state index in [0.29, 0.717) is 19.8 Å². The number of hydrogen-bond acceptors (Lipinski definition) is 3. The van der Waals surface area contributed by atoms with Crippen molar-refractivity contribution in [3.8, 4) is 0 Å². The monoisotopic (exact) mass is 382 g/mol. The molecule has 0 saturated carbocycles. The maximum atomic E-state index is 13.2. The maximum absolute atomic E-state index is 13.2. The van der Waals surface area contributed by atoms with Crippen LogP contribution >= 0.6 is 0 Å². The minimum Gasteiger partial charge on any atom is -0.375 e. The number of guanidine groups is 1. The third-order valence-electron chi connectivity index (χ3n) is 4.61. The fraction of sp³-hybridized carbons (Fsp3) is 0.364. The molecule has 0 aliphatic rings. The number of nitrogens with zero attached hydrogens (tertiary/aromatic N) is 2. The molecule has 0 atom stereocenters. The first-order chi connectivity index (χ1) is 13.5. The molecule has 6 nitrogen and oxygen atoms in total. The summed E-state index contributed by atoms with van der Waals surface area (Å²) in [4.78, 5) is 16.1. The van der Waals surface area contributed by atoms with Crippen molar-refractivity contribution in [1.29, 1.82) is 5.41 Å². The molecule has 0 fully saturated rings. The Morgan fingerprint density at radius 2 is 1.82 bits per heavy atom. The van der Waals surface area contributed by atoms with Gasteiger partial charge in [-0.05, 0) is 37.0 Å². The second kappa shape index (κ2) is 10.5. The Bertz CT molecular complexity index is 792. The zero-order chi connectivity index (χ0) is 20.5. The van der Waals surface area contributed by atoms with E-state index in [4.69, 9.17) is 15.9 Å². The number of benzene rings is 2. The summed E-state index contributed by atoms with van der Waals surface area (Å²) < 4.78 is 5.67. The van der Waals surface area contributed by atoms with Crippen LogP contribution in [-0.4, -0.2) is 36.6 Å². The number of nitrogens with one attached hydrogen (secondary N) is 1.